The van der Waals surface area contributed by atoms with Crippen molar-refractivity contribution in [2.75, 3.05) is 6.61 Å². The van der Waals surface area contributed by atoms with Crippen molar-refractivity contribution in [3.63, 3.8) is 0 Å². The standard InChI is InChI=1S/C14H15BrF2N4O.CH4/c1-3-22-8-4-10(16)9(11(17)5-8)6-21-7(2)12(15)13(20-21)14(18)19;/h4-5H,3,6H2,1-2H3,(H3,18,19);1H4. The van der Waals surface area contributed by atoms with E-state index in [1.807, 2.05) is 0 Å². The molecule has 0 spiro atoms. The zero-order valence-electron chi connectivity index (χ0n) is 12.1. The molecule has 8 heteroatoms. The summed E-state index contributed by atoms with van der Waals surface area (Å²) in [6.45, 7) is 3.67. The molecule has 1 heterocycles. The Labute approximate surface area is 142 Å². The van der Waals surface area contributed by atoms with Gasteiger partial charge in [0.05, 0.1) is 23.3 Å². The number of nitrogen functional groups attached to an aromatic ring is 1. The fraction of sp³-hybridized carbons (Fsp3) is 0.333. The Kier molecular flexibility index (Phi) is 6.26. The molecule has 1 aromatic heterocycles. The number of nitrogens with two attached hydrogens (primary N) is 1. The van der Waals surface area contributed by atoms with Gasteiger partial charge in [0, 0.05) is 17.7 Å². The van der Waals surface area contributed by atoms with E-state index in [1.54, 1.807) is 13.8 Å². The maximum atomic E-state index is 14.1. The number of hydrogen-bond donors (Lipinski definition) is 2. The van der Waals surface area contributed by atoms with Gasteiger partial charge in [-0.15, -0.1) is 0 Å². The summed E-state index contributed by atoms with van der Waals surface area (Å²) >= 11 is 3.27. The second-order valence-corrected chi connectivity index (χ2v) is 5.41. The van der Waals surface area contributed by atoms with E-state index in [9.17, 15) is 8.78 Å². The first-order chi connectivity index (χ1) is 10.3. The van der Waals surface area contributed by atoms with Gasteiger partial charge in [0.15, 0.2) is 0 Å². The molecule has 1 aromatic carbocycles. The van der Waals surface area contributed by atoms with Gasteiger partial charge in [-0.25, -0.2) is 8.78 Å². The topological polar surface area (TPSA) is 76.9 Å². The van der Waals surface area contributed by atoms with E-state index in [0.29, 0.717) is 16.8 Å². The minimum Gasteiger partial charge on any atom is -0.494 e. The van der Waals surface area contributed by atoms with Gasteiger partial charge >= 0.3 is 0 Å². The van der Waals surface area contributed by atoms with Crippen LogP contribution in [0.1, 0.15) is 31.3 Å². The summed E-state index contributed by atoms with van der Waals surface area (Å²) in [5, 5.41) is 11.5. The number of nitrogens with one attached hydrogen (secondary N) is 1. The van der Waals surface area contributed by atoms with Crippen LogP contribution >= 0.6 is 15.9 Å². The molecule has 3 N–H and O–H groups in total. The lowest BCUT2D eigenvalue weighted by molar-refractivity contribution is 0.335. The van der Waals surface area contributed by atoms with Crippen molar-refractivity contribution >= 4 is 21.8 Å². The monoisotopic (exact) mass is 388 g/mol. The van der Waals surface area contributed by atoms with E-state index in [2.05, 4.69) is 21.0 Å². The maximum Gasteiger partial charge on any atom is 0.144 e. The molecule has 126 valence electrons. The lowest BCUT2D eigenvalue weighted by atomic mass is 10.2. The summed E-state index contributed by atoms with van der Waals surface area (Å²) in [6.07, 6.45) is 0. The summed E-state index contributed by atoms with van der Waals surface area (Å²) in [4.78, 5) is 0. The van der Waals surface area contributed by atoms with E-state index in [4.69, 9.17) is 15.9 Å². The van der Waals surface area contributed by atoms with Crippen molar-refractivity contribution in [1.82, 2.24) is 9.78 Å². The molecule has 0 bridgehead atoms. The summed E-state index contributed by atoms with van der Waals surface area (Å²) in [5.41, 5.74) is 6.15. The Morgan fingerprint density at radius 2 is 1.96 bits per heavy atom. The molecule has 2 aromatic rings. The summed E-state index contributed by atoms with van der Waals surface area (Å²) in [6, 6.07) is 2.28. The predicted molar refractivity (Wildman–Crippen MR) is 89.0 cm³/mol. The van der Waals surface area contributed by atoms with Gasteiger partial charge in [-0.1, -0.05) is 7.43 Å². The van der Waals surface area contributed by atoms with Crippen LogP contribution in [0.5, 0.6) is 5.75 Å². The average Bonchev–Trinajstić information content (AvgIpc) is 2.71. The molecule has 23 heavy (non-hydrogen) atoms. The van der Waals surface area contributed by atoms with E-state index in [0.717, 1.165) is 12.1 Å². The molecule has 0 aliphatic rings. The summed E-state index contributed by atoms with van der Waals surface area (Å²) < 4.78 is 35.2. The lowest BCUT2D eigenvalue weighted by Crippen LogP contribution is -2.14. The normalized spacial score (nSPS) is 10.3. The van der Waals surface area contributed by atoms with Crippen LogP contribution in [-0.4, -0.2) is 22.2 Å². The molecular formula is C15H19BrF2N4O. The van der Waals surface area contributed by atoms with E-state index >= 15 is 0 Å². The van der Waals surface area contributed by atoms with Gasteiger partial charge in [-0.2, -0.15) is 5.10 Å². The quantitative estimate of drug-likeness (QED) is 0.606. The third-order valence-electron chi connectivity index (χ3n) is 3.12. The minimum absolute atomic E-state index is 0. The smallest absolute Gasteiger partial charge is 0.144 e. The molecule has 0 aliphatic carbocycles. The molecule has 0 atom stereocenters. The second kappa shape index (κ2) is 7.54. The van der Waals surface area contributed by atoms with Crippen LogP contribution in [-0.2, 0) is 6.54 Å². The Bertz CT molecular complexity index is 708. The van der Waals surface area contributed by atoms with Crippen LogP contribution in [0.4, 0.5) is 8.78 Å². The van der Waals surface area contributed by atoms with Crippen LogP contribution in [0.3, 0.4) is 0 Å². The van der Waals surface area contributed by atoms with Crippen molar-refractivity contribution < 1.29 is 13.5 Å². The molecule has 0 amide bonds. The van der Waals surface area contributed by atoms with Gasteiger partial charge in [0.2, 0.25) is 0 Å². The van der Waals surface area contributed by atoms with Gasteiger partial charge in [-0.3, -0.25) is 10.1 Å². The molecule has 5 nitrogen and oxygen atoms in total. The fourth-order valence-electron chi connectivity index (χ4n) is 1.98. The Hall–Kier alpha value is -1.96. The Morgan fingerprint density at radius 3 is 2.39 bits per heavy atom. The van der Waals surface area contributed by atoms with Crippen molar-refractivity contribution in [3.8, 4) is 5.75 Å². The fourth-order valence-corrected chi connectivity index (χ4v) is 2.48. The van der Waals surface area contributed by atoms with Crippen LogP contribution < -0.4 is 10.5 Å². The molecule has 2 rings (SSSR count). The van der Waals surface area contributed by atoms with E-state index in [1.165, 1.54) is 4.68 Å². The third kappa shape index (κ3) is 3.87. The predicted octanol–water partition coefficient (Wildman–Crippen LogP) is 3.60. The molecule has 0 fully saturated rings. The van der Waals surface area contributed by atoms with Gasteiger partial charge in [-0.05, 0) is 29.8 Å². The van der Waals surface area contributed by atoms with Crippen molar-refractivity contribution in [3.05, 3.63) is 45.2 Å². The first-order valence-electron chi connectivity index (χ1n) is 6.53. The largest absolute Gasteiger partial charge is 0.494 e. The van der Waals surface area contributed by atoms with E-state index in [-0.39, 0.29) is 36.8 Å². The maximum absolute atomic E-state index is 14.1. The SMILES string of the molecule is C.CCOc1cc(F)c(Cn2nc(C(=N)N)c(Br)c2C)c(F)c1. The third-order valence-corrected chi connectivity index (χ3v) is 4.07. The van der Waals surface area contributed by atoms with Crippen molar-refractivity contribution in [2.45, 2.75) is 27.8 Å². The number of ether oxygens (including phenoxy) is 1. The number of halogens is 3. The number of aromatic nitrogens is 2. The summed E-state index contributed by atoms with van der Waals surface area (Å²) in [5.74, 6) is -1.50. The number of benzene rings is 1. The average molecular weight is 389 g/mol. The highest BCUT2D eigenvalue weighted by molar-refractivity contribution is 9.10. The number of nitrogens with zero attached hydrogens (tertiary/aromatic N) is 2. The molecular weight excluding hydrogens is 370 g/mol. The number of hydrogen-bond acceptors (Lipinski definition) is 3. The zero-order valence-corrected chi connectivity index (χ0v) is 13.7. The lowest BCUT2D eigenvalue weighted by Gasteiger charge is -2.10. The number of rotatable bonds is 5. The van der Waals surface area contributed by atoms with Gasteiger partial charge in [0.25, 0.3) is 0 Å². The Balaban J connectivity index is 0.00000264. The second-order valence-electron chi connectivity index (χ2n) is 4.62. The molecule has 0 saturated heterocycles. The molecule has 0 radical (unpaired) electrons. The number of amidine groups is 1. The first-order valence-corrected chi connectivity index (χ1v) is 7.32. The minimum atomic E-state index is -0.709. The first kappa shape index (κ1) is 19.1. The molecule has 0 saturated carbocycles. The zero-order chi connectivity index (χ0) is 16.4. The van der Waals surface area contributed by atoms with Crippen molar-refractivity contribution in [1.29, 1.82) is 5.41 Å². The Morgan fingerprint density at radius 1 is 1.39 bits per heavy atom. The van der Waals surface area contributed by atoms with Crippen LogP contribution in [0, 0.1) is 24.0 Å². The van der Waals surface area contributed by atoms with Gasteiger partial charge in [0.1, 0.15) is 28.9 Å². The highest BCUT2D eigenvalue weighted by Gasteiger charge is 2.18. The summed E-state index contributed by atoms with van der Waals surface area (Å²) in [7, 11) is 0. The highest BCUT2D eigenvalue weighted by Crippen LogP contribution is 2.25. The van der Waals surface area contributed by atoms with Crippen LogP contribution in [0.25, 0.3) is 0 Å². The van der Waals surface area contributed by atoms with Crippen molar-refractivity contribution in [2.24, 2.45) is 5.73 Å². The highest BCUT2D eigenvalue weighted by atomic mass is 79.9. The van der Waals surface area contributed by atoms with Gasteiger partial charge < -0.3 is 10.5 Å². The van der Waals surface area contributed by atoms with Crippen LogP contribution in [0.15, 0.2) is 16.6 Å². The molecule has 0 unspecified atom stereocenters. The van der Waals surface area contributed by atoms with Crippen LogP contribution in [0.2, 0.25) is 0 Å². The molecule has 0 aliphatic heterocycles. The van der Waals surface area contributed by atoms with E-state index < -0.39 is 11.6 Å².